The number of amides is 2. The number of fused-ring (bicyclic) bond motifs is 1. The zero-order valence-electron chi connectivity index (χ0n) is 15.4. The lowest BCUT2D eigenvalue weighted by molar-refractivity contribution is 0.205. The maximum atomic E-state index is 13.1. The topological polar surface area (TPSA) is 67.3 Å². The van der Waals surface area contributed by atoms with Gasteiger partial charge in [0, 0.05) is 30.3 Å². The molecule has 142 valence electrons. The van der Waals surface area contributed by atoms with Crippen LogP contribution in [0.3, 0.4) is 0 Å². The van der Waals surface area contributed by atoms with Crippen LogP contribution < -0.4 is 10.1 Å². The number of para-hydroxylation sites is 2. The maximum absolute atomic E-state index is 13.1. The summed E-state index contributed by atoms with van der Waals surface area (Å²) < 4.78 is 18.4. The third kappa shape index (κ3) is 3.64. The molecule has 7 heteroatoms. The first-order chi connectivity index (χ1) is 13.6. The van der Waals surface area contributed by atoms with Crippen molar-refractivity contribution in [3.8, 4) is 17.1 Å². The molecule has 0 atom stereocenters. The molecule has 0 spiro atoms. The average molecular weight is 378 g/mol. The van der Waals surface area contributed by atoms with E-state index in [2.05, 4.69) is 15.3 Å². The van der Waals surface area contributed by atoms with E-state index >= 15 is 0 Å². The molecule has 2 aromatic carbocycles. The van der Waals surface area contributed by atoms with Crippen molar-refractivity contribution in [2.45, 2.75) is 13.0 Å². The summed E-state index contributed by atoms with van der Waals surface area (Å²) in [6.07, 6.45) is 2.37. The number of nitrogens with zero attached hydrogens (tertiary/aromatic N) is 3. The number of aromatic nitrogens is 2. The molecule has 0 radical (unpaired) electrons. The van der Waals surface area contributed by atoms with Gasteiger partial charge in [0.2, 0.25) is 0 Å². The Morgan fingerprint density at radius 3 is 2.75 bits per heavy atom. The van der Waals surface area contributed by atoms with Crippen molar-refractivity contribution in [2.24, 2.45) is 0 Å². The second-order valence-electron chi connectivity index (χ2n) is 6.47. The molecular weight excluding hydrogens is 359 g/mol. The summed E-state index contributed by atoms with van der Waals surface area (Å²) in [5.41, 5.74) is 3.22. The molecule has 1 aliphatic heterocycles. The Morgan fingerprint density at radius 2 is 1.96 bits per heavy atom. The number of halogens is 1. The highest BCUT2D eigenvalue weighted by Gasteiger charge is 2.23. The Kier molecular flexibility index (Phi) is 4.89. The first kappa shape index (κ1) is 17.9. The van der Waals surface area contributed by atoms with Crippen LogP contribution in [0.5, 0.6) is 5.75 Å². The zero-order valence-corrected chi connectivity index (χ0v) is 15.4. The van der Waals surface area contributed by atoms with Crippen LogP contribution in [0.4, 0.5) is 14.9 Å². The van der Waals surface area contributed by atoms with E-state index in [0.29, 0.717) is 36.8 Å². The fraction of sp³-hybridized carbons (Fsp3) is 0.190. The normalized spacial score (nSPS) is 13.0. The van der Waals surface area contributed by atoms with Crippen molar-refractivity contribution in [2.75, 3.05) is 19.0 Å². The number of hydrogen-bond donors (Lipinski definition) is 1. The second-order valence-corrected chi connectivity index (χ2v) is 6.47. The van der Waals surface area contributed by atoms with Gasteiger partial charge in [0.1, 0.15) is 11.6 Å². The van der Waals surface area contributed by atoms with E-state index < -0.39 is 0 Å². The van der Waals surface area contributed by atoms with Crippen molar-refractivity contribution < 1.29 is 13.9 Å². The minimum atomic E-state index is -0.293. The lowest BCUT2D eigenvalue weighted by atomic mass is 10.1. The highest BCUT2D eigenvalue weighted by atomic mass is 19.1. The number of urea groups is 1. The third-order valence-corrected chi connectivity index (χ3v) is 4.67. The van der Waals surface area contributed by atoms with Crippen LogP contribution in [0.1, 0.15) is 11.3 Å². The summed E-state index contributed by atoms with van der Waals surface area (Å²) in [5, 5.41) is 2.89. The second kappa shape index (κ2) is 7.64. The van der Waals surface area contributed by atoms with Gasteiger partial charge in [-0.3, -0.25) is 0 Å². The molecule has 3 aromatic rings. The smallest absolute Gasteiger partial charge is 0.322 e. The molecule has 0 unspecified atom stereocenters. The molecule has 2 heterocycles. The van der Waals surface area contributed by atoms with Gasteiger partial charge >= 0.3 is 6.03 Å². The molecule has 0 fully saturated rings. The Balaban J connectivity index is 1.49. The average Bonchev–Trinajstić information content (AvgIpc) is 2.74. The van der Waals surface area contributed by atoms with E-state index in [-0.39, 0.29) is 11.8 Å². The summed E-state index contributed by atoms with van der Waals surface area (Å²) in [4.78, 5) is 23.4. The fourth-order valence-corrected chi connectivity index (χ4v) is 3.17. The molecule has 0 aliphatic carbocycles. The molecule has 1 aromatic heterocycles. The summed E-state index contributed by atoms with van der Waals surface area (Å²) in [5.74, 6) is 0.879. The van der Waals surface area contributed by atoms with Gasteiger partial charge in [0.15, 0.2) is 5.82 Å². The van der Waals surface area contributed by atoms with Crippen LogP contribution in [0.15, 0.2) is 54.7 Å². The summed E-state index contributed by atoms with van der Waals surface area (Å²) in [6, 6.07) is 13.2. The van der Waals surface area contributed by atoms with Crippen molar-refractivity contribution in [1.29, 1.82) is 0 Å². The molecule has 0 bridgehead atoms. The first-order valence-electron chi connectivity index (χ1n) is 8.94. The van der Waals surface area contributed by atoms with E-state index in [1.165, 1.54) is 12.1 Å². The lowest BCUT2D eigenvalue weighted by Crippen LogP contribution is -2.39. The summed E-state index contributed by atoms with van der Waals surface area (Å²) in [7, 11) is 1.57. The van der Waals surface area contributed by atoms with Gasteiger partial charge in [0.05, 0.1) is 25.0 Å². The summed E-state index contributed by atoms with van der Waals surface area (Å²) in [6.45, 7) is 0.980. The number of methoxy groups -OCH3 is 1. The number of hydrogen-bond acceptors (Lipinski definition) is 4. The maximum Gasteiger partial charge on any atom is 0.322 e. The van der Waals surface area contributed by atoms with E-state index in [1.807, 2.05) is 12.1 Å². The lowest BCUT2D eigenvalue weighted by Gasteiger charge is -2.28. The minimum Gasteiger partial charge on any atom is -0.495 e. The molecule has 1 N–H and O–H groups in total. The number of ether oxygens (including phenoxy) is 1. The van der Waals surface area contributed by atoms with E-state index in [9.17, 15) is 9.18 Å². The third-order valence-electron chi connectivity index (χ3n) is 4.67. The van der Waals surface area contributed by atoms with E-state index in [1.54, 1.807) is 42.5 Å². The van der Waals surface area contributed by atoms with Crippen molar-refractivity contribution in [1.82, 2.24) is 14.9 Å². The van der Waals surface area contributed by atoms with Crippen molar-refractivity contribution >= 4 is 11.7 Å². The number of carbonyl (C=O) groups is 1. The largest absolute Gasteiger partial charge is 0.495 e. The van der Waals surface area contributed by atoms with Crippen LogP contribution >= 0.6 is 0 Å². The van der Waals surface area contributed by atoms with Gasteiger partial charge in [0.25, 0.3) is 0 Å². The van der Waals surface area contributed by atoms with Gasteiger partial charge in [-0.05, 0) is 36.4 Å². The molecular formula is C21H19FN4O2. The highest BCUT2D eigenvalue weighted by Crippen LogP contribution is 2.25. The molecule has 2 amide bonds. The SMILES string of the molecule is COc1ccccc1NC(=O)N1CCc2nc(-c3ccc(F)cc3)ncc2C1. The molecule has 0 saturated carbocycles. The molecule has 6 nitrogen and oxygen atoms in total. The van der Waals surface area contributed by atoms with Crippen LogP contribution in [-0.2, 0) is 13.0 Å². The van der Waals surface area contributed by atoms with Gasteiger partial charge in [-0.25, -0.2) is 19.2 Å². The number of nitrogens with one attached hydrogen (secondary N) is 1. The van der Waals surface area contributed by atoms with Crippen molar-refractivity contribution in [3.63, 3.8) is 0 Å². The van der Waals surface area contributed by atoms with Crippen molar-refractivity contribution in [3.05, 3.63) is 71.8 Å². The van der Waals surface area contributed by atoms with Crippen LogP contribution in [0, 0.1) is 5.82 Å². The van der Waals surface area contributed by atoms with Gasteiger partial charge in [-0.1, -0.05) is 12.1 Å². The first-order valence-corrected chi connectivity index (χ1v) is 8.94. The predicted octanol–water partition coefficient (Wildman–Crippen LogP) is 3.88. The Labute approximate surface area is 162 Å². The standard InChI is InChI=1S/C21H19FN4O2/c1-28-19-5-3-2-4-18(19)25-21(27)26-11-10-17-15(13-26)12-23-20(24-17)14-6-8-16(22)9-7-14/h2-9,12H,10-11,13H2,1H3,(H,25,27). The van der Waals surface area contributed by atoms with Gasteiger partial charge in [-0.2, -0.15) is 0 Å². The zero-order chi connectivity index (χ0) is 19.5. The number of carbonyl (C=O) groups excluding carboxylic acids is 1. The Bertz CT molecular complexity index is 1010. The number of rotatable bonds is 3. The highest BCUT2D eigenvalue weighted by molar-refractivity contribution is 5.91. The van der Waals surface area contributed by atoms with E-state index in [0.717, 1.165) is 16.8 Å². The van der Waals surface area contributed by atoms with E-state index in [4.69, 9.17) is 4.74 Å². The van der Waals surface area contributed by atoms with Crippen LogP contribution in [0.2, 0.25) is 0 Å². The van der Waals surface area contributed by atoms with Crippen LogP contribution in [-0.4, -0.2) is 34.6 Å². The van der Waals surface area contributed by atoms with Gasteiger partial charge < -0.3 is 15.0 Å². The minimum absolute atomic E-state index is 0.197. The predicted molar refractivity (Wildman–Crippen MR) is 104 cm³/mol. The van der Waals surface area contributed by atoms with Gasteiger partial charge in [-0.15, -0.1) is 0 Å². The quantitative estimate of drug-likeness (QED) is 0.751. The van der Waals surface area contributed by atoms with Crippen LogP contribution in [0.25, 0.3) is 11.4 Å². The fourth-order valence-electron chi connectivity index (χ4n) is 3.17. The summed E-state index contributed by atoms with van der Waals surface area (Å²) >= 11 is 0. The molecule has 1 aliphatic rings. The Morgan fingerprint density at radius 1 is 1.18 bits per heavy atom. The number of anilines is 1. The Hall–Kier alpha value is -3.48. The molecule has 0 saturated heterocycles. The molecule has 4 rings (SSSR count). The number of benzene rings is 2. The monoisotopic (exact) mass is 378 g/mol. The molecule has 28 heavy (non-hydrogen) atoms.